The van der Waals surface area contributed by atoms with E-state index in [0.717, 1.165) is 0 Å². The van der Waals surface area contributed by atoms with Crippen molar-refractivity contribution in [2.24, 2.45) is 5.73 Å². The van der Waals surface area contributed by atoms with Gasteiger partial charge < -0.3 is 0 Å². The molecule has 7 heteroatoms. The zero-order valence-electron chi connectivity index (χ0n) is 11.0. The number of rotatable bonds is 6. The predicted molar refractivity (Wildman–Crippen MR) is 70.6 cm³/mol. The minimum atomic E-state index is -2.33. The average molecular weight is 338 g/mol. The molecule has 1 atom stereocenters. The van der Waals surface area contributed by atoms with Crippen LogP contribution in [0.3, 0.4) is 0 Å². The summed E-state index contributed by atoms with van der Waals surface area (Å²) in [4.78, 5) is 0. The monoisotopic (exact) mass is 339 g/mol. The van der Waals surface area contributed by atoms with Gasteiger partial charge in [0.1, 0.15) is 0 Å². The molecule has 0 aliphatic carbocycles. The Hall–Kier alpha value is -0.851. The van der Waals surface area contributed by atoms with Crippen LogP contribution in [0.2, 0.25) is 0 Å². The van der Waals surface area contributed by atoms with E-state index in [1.807, 2.05) is 0 Å². The number of benzene rings is 1. The Morgan fingerprint density at radius 2 is 1.89 bits per heavy atom. The molecule has 1 aromatic carbocycles. The normalized spacial score (nSPS) is 13.2. The van der Waals surface area contributed by atoms with E-state index in [0.29, 0.717) is 21.5 Å². The third-order valence-corrected chi connectivity index (χ3v) is 4.19. The number of halogens is 1. The van der Waals surface area contributed by atoms with Gasteiger partial charge in [0.15, 0.2) is 0 Å². The number of nitrogens with two attached hydrogens (primary N) is 1. The van der Waals surface area contributed by atoms with E-state index in [4.69, 9.17) is 15.2 Å². The second-order valence-electron chi connectivity index (χ2n) is 4.03. The summed E-state index contributed by atoms with van der Waals surface area (Å²) in [6, 6.07) is 3.24. The second-order valence-corrected chi connectivity index (χ2v) is 6.81. The van der Waals surface area contributed by atoms with Crippen molar-refractivity contribution in [2.45, 2.75) is 24.3 Å². The molecule has 0 radical (unpaired) electrons. The average Bonchev–Trinajstić information content (AvgIpc) is 2.27. The van der Waals surface area contributed by atoms with Crippen molar-refractivity contribution in [3.63, 3.8) is 0 Å². The van der Waals surface area contributed by atoms with Crippen LogP contribution in [0.5, 0.6) is 11.5 Å². The summed E-state index contributed by atoms with van der Waals surface area (Å²) >= 11 is -0.407. The van der Waals surface area contributed by atoms with Gasteiger partial charge in [0.25, 0.3) is 0 Å². The molecule has 0 aromatic heterocycles. The summed E-state index contributed by atoms with van der Waals surface area (Å²) in [5.41, 5.74) is 5.64. The molecule has 108 valence electrons. The van der Waals surface area contributed by atoms with Crippen molar-refractivity contribution >= 4 is 19.4 Å². The molecule has 1 rings (SSSR count). The Morgan fingerprint density at radius 3 is 2.32 bits per heavy atom. The molecule has 0 aliphatic rings. The van der Waals surface area contributed by atoms with E-state index in [1.165, 1.54) is 21.1 Å². The van der Waals surface area contributed by atoms with Crippen LogP contribution >= 0.6 is 0 Å². The number of methoxy groups -OCH3 is 2. The molecule has 0 saturated heterocycles. The number of alkyl halides is 1. The topological polar surface area (TPSA) is 84.9 Å². The first-order chi connectivity index (χ1) is 8.76. The van der Waals surface area contributed by atoms with Crippen molar-refractivity contribution in [1.82, 2.24) is 0 Å². The summed E-state index contributed by atoms with van der Waals surface area (Å²) in [5, 5.41) is 17.5. The van der Waals surface area contributed by atoms with E-state index < -0.39 is 25.9 Å². The quantitative estimate of drug-likeness (QED) is 0.481. The predicted octanol–water partition coefficient (Wildman–Crippen LogP) is -0.512. The van der Waals surface area contributed by atoms with Gasteiger partial charge in [-0.3, -0.25) is 0 Å². The van der Waals surface area contributed by atoms with Gasteiger partial charge in [-0.2, -0.15) is 0 Å². The molecule has 4 N–H and O–H groups in total. The molecule has 0 aliphatic heterocycles. The summed E-state index contributed by atoms with van der Waals surface area (Å²) in [6.07, 6.45) is -0.217. The fraction of sp³-hybridized carbons (Fsp3) is 0.500. The summed E-state index contributed by atoms with van der Waals surface area (Å²) in [6.45, 7) is 1.48. The third kappa shape index (κ3) is 4.97. The minimum absolute atomic E-state index is 0.217. The molecule has 1 unspecified atom stereocenters. The van der Waals surface area contributed by atoms with E-state index in [9.17, 15) is 14.6 Å². The van der Waals surface area contributed by atoms with E-state index in [-0.39, 0.29) is 6.42 Å². The fourth-order valence-electron chi connectivity index (χ4n) is 1.62. The summed E-state index contributed by atoms with van der Waals surface area (Å²) in [7, 11) is 2.93. The van der Waals surface area contributed by atoms with Gasteiger partial charge in [0, 0.05) is 0 Å². The summed E-state index contributed by atoms with van der Waals surface area (Å²) in [5.74, 6) is -1.42. The molecule has 5 nitrogen and oxygen atoms in total. The van der Waals surface area contributed by atoms with Gasteiger partial charge in [0.05, 0.1) is 0 Å². The maximum absolute atomic E-state index is 13.1. The standard InChI is InChI=1S/C12H18FNO4Se/c1-7(13)19-11-5-9(17-2)8(4-10(11)18-3)6-12(14,15)16/h4-5,7,15-16H,6,14H2,1-3H3. The molecule has 0 fully saturated rings. The van der Waals surface area contributed by atoms with E-state index in [2.05, 4.69) is 0 Å². The Bertz CT molecular complexity index is 434. The number of hydrogen-bond acceptors (Lipinski definition) is 5. The molecule has 0 amide bonds. The van der Waals surface area contributed by atoms with Crippen LogP contribution in [-0.4, -0.2) is 50.4 Å². The van der Waals surface area contributed by atoms with Gasteiger partial charge in [-0.15, -0.1) is 0 Å². The molecule has 19 heavy (non-hydrogen) atoms. The van der Waals surface area contributed by atoms with Gasteiger partial charge in [-0.25, -0.2) is 0 Å². The maximum atomic E-state index is 13.1. The Labute approximate surface area is 117 Å². The van der Waals surface area contributed by atoms with Crippen LogP contribution in [-0.2, 0) is 6.42 Å². The van der Waals surface area contributed by atoms with Crippen molar-refractivity contribution in [1.29, 1.82) is 0 Å². The molecular weight excluding hydrogens is 320 g/mol. The SMILES string of the molecule is COc1cc([Se]C(C)F)c(OC)cc1CC(N)(O)O. The Morgan fingerprint density at radius 1 is 1.32 bits per heavy atom. The first-order valence-electron chi connectivity index (χ1n) is 5.56. The molecule has 0 bridgehead atoms. The van der Waals surface area contributed by atoms with Crippen molar-refractivity contribution in [3.8, 4) is 11.5 Å². The van der Waals surface area contributed by atoms with Crippen LogP contribution in [0.4, 0.5) is 4.39 Å². The fourth-order valence-corrected chi connectivity index (χ4v) is 3.26. The van der Waals surface area contributed by atoms with Crippen molar-refractivity contribution in [3.05, 3.63) is 17.7 Å². The van der Waals surface area contributed by atoms with E-state index in [1.54, 1.807) is 12.1 Å². The zero-order valence-corrected chi connectivity index (χ0v) is 12.7. The zero-order chi connectivity index (χ0) is 14.6. The molecule has 0 spiro atoms. The Kier molecular flexibility index (Phi) is 5.58. The van der Waals surface area contributed by atoms with E-state index >= 15 is 0 Å². The van der Waals surface area contributed by atoms with Gasteiger partial charge >= 0.3 is 117 Å². The van der Waals surface area contributed by atoms with Crippen LogP contribution in [0.15, 0.2) is 12.1 Å². The first kappa shape index (κ1) is 16.2. The van der Waals surface area contributed by atoms with Gasteiger partial charge in [0.2, 0.25) is 0 Å². The number of aliphatic hydroxyl groups is 2. The van der Waals surface area contributed by atoms with Crippen molar-refractivity contribution in [2.75, 3.05) is 14.2 Å². The molecule has 1 aromatic rings. The first-order valence-corrected chi connectivity index (χ1v) is 7.40. The molecule has 0 saturated carbocycles. The van der Waals surface area contributed by atoms with Crippen LogP contribution < -0.4 is 19.7 Å². The van der Waals surface area contributed by atoms with Gasteiger partial charge in [-0.1, -0.05) is 0 Å². The molecular formula is C12H18FNO4Se. The summed E-state index contributed by atoms with van der Waals surface area (Å²) < 4.78 is 24.2. The molecule has 0 heterocycles. The van der Waals surface area contributed by atoms with Crippen LogP contribution in [0, 0.1) is 0 Å². The van der Waals surface area contributed by atoms with Gasteiger partial charge in [-0.05, 0) is 0 Å². The second kappa shape index (κ2) is 6.54. The third-order valence-electron chi connectivity index (χ3n) is 2.31. The van der Waals surface area contributed by atoms with Crippen molar-refractivity contribution < 1.29 is 24.1 Å². The number of ether oxygens (including phenoxy) is 2. The number of hydrogen-bond donors (Lipinski definition) is 3. The van der Waals surface area contributed by atoms with Crippen LogP contribution in [0.1, 0.15) is 12.5 Å². The van der Waals surface area contributed by atoms with Crippen LogP contribution in [0.25, 0.3) is 0 Å². The Balaban J connectivity index is 3.19.